The standard InChI is InChI=1S/C24H31O5P/c1-16(2)20-11-9-17(3)13-22(20)29-30(26,19-7-5-4-6-8-19)24(25)18-10-12-21-23(14-18)28-15-27-21/h4-8,10,12,14,16-17,20,22,24-25H,9,11,13,15H2,1-3H3. The first-order valence-corrected chi connectivity index (χ1v) is 12.5. The van der Waals surface area contributed by atoms with Crippen LogP contribution in [-0.4, -0.2) is 18.0 Å². The van der Waals surface area contributed by atoms with Crippen LogP contribution < -0.4 is 14.8 Å². The van der Waals surface area contributed by atoms with E-state index in [4.69, 9.17) is 14.0 Å². The Morgan fingerprint density at radius 2 is 1.80 bits per heavy atom. The van der Waals surface area contributed by atoms with Crippen LogP contribution in [0.1, 0.15) is 51.4 Å². The van der Waals surface area contributed by atoms with Gasteiger partial charge in [0.2, 0.25) is 6.79 Å². The second-order valence-corrected chi connectivity index (χ2v) is 11.3. The molecule has 0 bridgehead atoms. The van der Waals surface area contributed by atoms with E-state index in [1.54, 1.807) is 30.3 Å². The van der Waals surface area contributed by atoms with Gasteiger partial charge in [-0.3, -0.25) is 4.57 Å². The molecule has 5 nitrogen and oxygen atoms in total. The summed E-state index contributed by atoms with van der Waals surface area (Å²) in [6, 6.07) is 14.3. The van der Waals surface area contributed by atoms with Gasteiger partial charge in [-0.15, -0.1) is 0 Å². The fraction of sp³-hybridized carbons (Fsp3) is 0.500. The number of hydrogen-bond acceptors (Lipinski definition) is 5. The largest absolute Gasteiger partial charge is 0.454 e. The summed E-state index contributed by atoms with van der Waals surface area (Å²) in [5, 5.41) is 11.9. The minimum absolute atomic E-state index is 0.150. The van der Waals surface area contributed by atoms with E-state index >= 15 is 0 Å². The molecule has 1 fully saturated rings. The van der Waals surface area contributed by atoms with Crippen LogP contribution in [0.4, 0.5) is 0 Å². The van der Waals surface area contributed by atoms with Gasteiger partial charge in [-0.2, -0.15) is 0 Å². The molecule has 0 saturated heterocycles. The molecular weight excluding hydrogens is 399 g/mol. The van der Waals surface area contributed by atoms with Crippen molar-refractivity contribution >= 4 is 12.7 Å². The van der Waals surface area contributed by atoms with E-state index < -0.39 is 13.2 Å². The molecular formula is C24H31O5P. The molecule has 1 aliphatic carbocycles. The van der Waals surface area contributed by atoms with Crippen LogP contribution in [0.3, 0.4) is 0 Å². The fourth-order valence-corrected chi connectivity index (χ4v) is 6.91. The topological polar surface area (TPSA) is 65.0 Å². The Balaban J connectivity index is 1.71. The lowest BCUT2D eigenvalue weighted by atomic mass is 9.75. The van der Waals surface area contributed by atoms with Crippen LogP contribution in [0, 0.1) is 17.8 Å². The van der Waals surface area contributed by atoms with Gasteiger partial charge in [-0.25, -0.2) is 0 Å². The summed E-state index contributed by atoms with van der Waals surface area (Å²) in [6.45, 7) is 6.75. The molecule has 2 aromatic rings. The molecule has 1 N–H and O–H groups in total. The van der Waals surface area contributed by atoms with E-state index in [0.717, 1.165) is 19.3 Å². The highest BCUT2D eigenvalue weighted by Crippen LogP contribution is 2.60. The Hall–Kier alpha value is -1.81. The van der Waals surface area contributed by atoms with E-state index in [1.165, 1.54) is 0 Å². The Morgan fingerprint density at radius 1 is 1.07 bits per heavy atom. The van der Waals surface area contributed by atoms with Crippen molar-refractivity contribution in [1.29, 1.82) is 0 Å². The lowest BCUT2D eigenvalue weighted by Gasteiger charge is -2.39. The van der Waals surface area contributed by atoms with E-state index in [0.29, 0.717) is 40.1 Å². The first-order chi connectivity index (χ1) is 14.4. The van der Waals surface area contributed by atoms with Crippen LogP contribution in [-0.2, 0) is 9.09 Å². The Morgan fingerprint density at radius 3 is 2.53 bits per heavy atom. The van der Waals surface area contributed by atoms with Gasteiger partial charge >= 0.3 is 0 Å². The van der Waals surface area contributed by atoms with Gasteiger partial charge in [0.1, 0.15) is 0 Å². The van der Waals surface area contributed by atoms with E-state index in [9.17, 15) is 9.67 Å². The molecule has 0 amide bonds. The molecule has 2 aromatic carbocycles. The number of aliphatic hydroxyl groups excluding tert-OH is 1. The van der Waals surface area contributed by atoms with E-state index in [-0.39, 0.29) is 12.9 Å². The predicted octanol–water partition coefficient (Wildman–Crippen LogP) is 5.49. The van der Waals surface area contributed by atoms with Gasteiger partial charge < -0.3 is 19.1 Å². The zero-order valence-electron chi connectivity index (χ0n) is 17.9. The summed E-state index contributed by atoms with van der Waals surface area (Å²) in [4.78, 5) is 0. The molecule has 5 atom stereocenters. The second kappa shape index (κ2) is 8.74. The van der Waals surface area contributed by atoms with Crippen LogP contribution in [0.25, 0.3) is 0 Å². The minimum atomic E-state index is -3.62. The van der Waals surface area contributed by atoms with Crippen molar-refractivity contribution in [2.24, 2.45) is 17.8 Å². The summed E-state index contributed by atoms with van der Waals surface area (Å²) in [5.41, 5.74) is 0.511. The third-order valence-electron chi connectivity index (χ3n) is 6.39. The number of ether oxygens (including phenoxy) is 2. The van der Waals surface area contributed by atoms with Crippen molar-refractivity contribution in [2.45, 2.75) is 52.0 Å². The van der Waals surface area contributed by atoms with Crippen molar-refractivity contribution in [3.8, 4) is 11.5 Å². The van der Waals surface area contributed by atoms with Crippen LogP contribution >= 0.6 is 7.37 Å². The maximum absolute atomic E-state index is 14.4. The molecule has 4 rings (SSSR count). The van der Waals surface area contributed by atoms with E-state index in [2.05, 4.69) is 20.8 Å². The third kappa shape index (κ3) is 4.16. The fourth-order valence-electron chi connectivity index (χ4n) is 4.60. The average Bonchev–Trinajstić information content (AvgIpc) is 3.21. The first-order valence-electron chi connectivity index (χ1n) is 10.8. The number of aliphatic hydroxyl groups is 1. The van der Waals surface area contributed by atoms with Gasteiger partial charge in [0.15, 0.2) is 17.3 Å². The lowest BCUT2D eigenvalue weighted by molar-refractivity contribution is 0.0427. The third-order valence-corrected chi connectivity index (χ3v) is 8.93. The Labute approximate surface area is 178 Å². The van der Waals surface area contributed by atoms with Gasteiger partial charge in [0, 0.05) is 5.30 Å². The van der Waals surface area contributed by atoms with Crippen LogP contribution in [0.15, 0.2) is 48.5 Å². The highest BCUT2D eigenvalue weighted by molar-refractivity contribution is 7.67. The van der Waals surface area contributed by atoms with Crippen molar-refractivity contribution in [1.82, 2.24) is 0 Å². The lowest BCUT2D eigenvalue weighted by Crippen LogP contribution is -2.35. The van der Waals surface area contributed by atoms with Crippen molar-refractivity contribution < 1.29 is 23.7 Å². The zero-order chi connectivity index (χ0) is 21.3. The van der Waals surface area contributed by atoms with Gasteiger partial charge in [0.05, 0.1) is 6.10 Å². The van der Waals surface area contributed by atoms with Crippen molar-refractivity contribution in [3.05, 3.63) is 54.1 Å². The number of hydrogen-bond donors (Lipinski definition) is 1. The smallest absolute Gasteiger partial charge is 0.264 e. The maximum atomic E-state index is 14.4. The number of fused-ring (bicyclic) bond motifs is 1. The zero-order valence-corrected chi connectivity index (χ0v) is 18.8. The predicted molar refractivity (Wildman–Crippen MR) is 117 cm³/mol. The molecule has 30 heavy (non-hydrogen) atoms. The molecule has 0 radical (unpaired) electrons. The minimum Gasteiger partial charge on any atom is -0.454 e. The van der Waals surface area contributed by atoms with Gasteiger partial charge in [-0.05, 0) is 60.4 Å². The molecule has 5 unspecified atom stereocenters. The summed E-state index contributed by atoms with van der Waals surface area (Å²) in [6.07, 6.45) is 2.91. The molecule has 0 aromatic heterocycles. The van der Waals surface area contributed by atoms with Crippen molar-refractivity contribution in [3.63, 3.8) is 0 Å². The molecule has 0 spiro atoms. The number of benzene rings is 2. The van der Waals surface area contributed by atoms with E-state index in [1.807, 2.05) is 18.2 Å². The molecule has 1 saturated carbocycles. The number of rotatable bonds is 6. The highest BCUT2D eigenvalue weighted by Gasteiger charge is 2.43. The molecule has 2 aliphatic rings. The van der Waals surface area contributed by atoms with Crippen molar-refractivity contribution in [2.75, 3.05) is 6.79 Å². The normalized spacial score (nSPS) is 26.4. The highest BCUT2D eigenvalue weighted by atomic mass is 31.2. The molecule has 1 aliphatic heterocycles. The monoisotopic (exact) mass is 430 g/mol. The SMILES string of the molecule is CC1CCC(C(C)C)C(OP(=O)(c2ccccc2)C(O)c2ccc3c(c2)OCO3)C1. The second-order valence-electron chi connectivity index (χ2n) is 8.89. The summed E-state index contributed by atoms with van der Waals surface area (Å²) >= 11 is 0. The average molecular weight is 430 g/mol. The van der Waals surface area contributed by atoms with Crippen LogP contribution in [0.5, 0.6) is 11.5 Å². The maximum Gasteiger partial charge on any atom is 0.264 e. The Kier molecular flexibility index (Phi) is 6.24. The molecule has 1 heterocycles. The van der Waals surface area contributed by atoms with Gasteiger partial charge in [0.25, 0.3) is 7.37 Å². The van der Waals surface area contributed by atoms with Crippen LogP contribution in [0.2, 0.25) is 0 Å². The summed E-state index contributed by atoms with van der Waals surface area (Å²) in [5.74, 6) is 1.16. The summed E-state index contributed by atoms with van der Waals surface area (Å²) in [7, 11) is -3.62. The quantitative estimate of drug-likeness (QED) is 0.614. The Bertz CT molecular complexity index is 913. The summed E-state index contributed by atoms with van der Waals surface area (Å²) < 4.78 is 31.7. The molecule has 162 valence electrons. The first kappa shape index (κ1) is 21.4. The van der Waals surface area contributed by atoms with Gasteiger partial charge in [-0.1, -0.05) is 51.5 Å². The molecule has 6 heteroatoms.